The summed E-state index contributed by atoms with van der Waals surface area (Å²) in [5.74, 6) is 0. The van der Waals surface area contributed by atoms with Crippen LogP contribution in [-0.4, -0.2) is 11.8 Å². The molecule has 88 valence electrons. The van der Waals surface area contributed by atoms with Gasteiger partial charge < -0.3 is 0 Å². The first-order valence-corrected chi connectivity index (χ1v) is 6.49. The van der Waals surface area contributed by atoms with E-state index in [1.165, 1.54) is 10.8 Å². The quantitative estimate of drug-likeness (QED) is 0.668. The lowest BCUT2D eigenvalue weighted by molar-refractivity contribution is 0.586. The van der Waals surface area contributed by atoms with Gasteiger partial charge in [-0.3, -0.25) is 4.99 Å². The van der Waals surface area contributed by atoms with Gasteiger partial charge >= 0.3 is 0 Å². The maximum atomic E-state index is 4.54. The summed E-state index contributed by atoms with van der Waals surface area (Å²) in [5, 5.41) is 2.47. The molecule has 0 bridgehead atoms. The number of fused-ring (bicyclic) bond motifs is 1. The van der Waals surface area contributed by atoms with Gasteiger partial charge in [-0.2, -0.15) is 0 Å². The first-order chi connectivity index (χ1) is 7.97. The average Bonchev–Trinajstić information content (AvgIpc) is 2.27. The van der Waals surface area contributed by atoms with Crippen molar-refractivity contribution in [2.24, 2.45) is 4.99 Å². The van der Waals surface area contributed by atoms with Crippen LogP contribution in [-0.2, 0) is 0 Å². The lowest BCUT2D eigenvalue weighted by Gasteiger charge is -2.11. The standard InChI is InChI=1S/C15H16BrN/c1-15(2,3)17-10-12-9-8-11-6-4-5-7-13(11)14(12)16/h4-10H,1-3H3. The summed E-state index contributed by atoms with van der Waals surface area (Å²) < 4.78 is 1.11. The molecular formula is C15H16BrN. The number of hydrogen-bond acceptors (Lipinski definition) is 1. The van der Waals surface area contributed by atoms with Crippen LogP contribution < -0.4 is 0 Å². The Morgan fingerprint density at radius 2 is 1.76 bits per heavy atom. The van der Waals surface area contributed by atoms with Gasteiger partial charge in [-0.25, -0.2) is 0 Å². The number of hydrogen-bond donors (Lipinski definition) is 0. The zero-order valence-electron chi connectivity index (χ0n) is 10.4. The minimum Gasteiger partial charge on any atom is -0.287 e. The third-order valence-corrected chi connectivity index (χ3v) is 3.37. The number of benzene rings is 2. The van der Waals surface area contributed by atoms with E-state index in [1.54, 1.807) is 0 Å². The maximum absolute atomic E-state index is 4.54. The molecule has 0 aliphatic heterocycles. The molecule has 0 N–H and O–H groups in total. The molecular weight excluding hydrogens is 274 g/mol. The summed E-state index contributed by atoms with van der Waals surface area (Å²) in [4.78, 5) is 4.54. The van der Waals surface area contributed by atoms with Gasteiger partial charge in [0.15, 0.2) is 0 Å². The minimum atomic E-state index is -0.0366. The fraction of sp³-hybridized carbons (Fsp3) is 0.267. The Labute approximate surface area is 111 Å². The lowest BCUT2D eigenvalue weighted by atomic mass is 10.1. The summed E-state index contributed by atoms with van der Waals surface area (Å²) in [5.41, 5.74) is 1.09. The predicted octanol–water partition coefficient (Wildman–Crippen LogP) is 4.82. The fourth-order valence-corrected chi connectivity index (χ4v) is 2.21. The summed E-state index contributed by atoms with van der Waals surface area (Å²) in [6, 6.07) is 12.6. The highest BCUT2D eigenvalue weighted by molar-refractivity contribution is 9.10. The van der Waals surface area contributed by atoms with E-state index in [9.17, 15) is 0 Å². The molecule has 0 atom stereocenters. The molecule has 2 heteroatoms. The van der Waals surface area contributed by atoms with E-state index in [4.69, 9.17) is 0 Å². The van der Waals surface area contributed by atoms with Crippen molar-refractivity contribution in [2.45, 2.75) is 26.3 Å². The first kappa shape index (κ1) is 12.3. The molecule has 0 heterocycles. The van der Waals surface area contributed by atoms with Crippen molar-refractivity contribution in [1.82, 2.24) is 0 Å². The molecule has 2 aromatic carbocycles. The molecule has 0 fully saturated rings. The molecule has 0 radical (unpaired) electrons. The number of halogens is 1. The highest BCUT2D eigenvalue weighted by Gasteiger charge is 2.07. The smallest absolute Gasteiger partial charge is 0.0524 e. The van der Waals surface area contributed by atoms with Crippen LogP contribution in [0.4, 0.5) is 0 Å². The Morgan fingerprint density at radius 1 is 1.06 bits per heavy atom. The van der Waals surface area contributed by atoms with Gasteiger partial charge in [-0.1, -0.05) is 36.4 Å². The van der Waals surface area contributed by atoms with Crippen LogP contribution in [0.2, 0.25) is 0 Å². The SMILES string of the molecule is CC(C)(C)N=Cc1ccc2ccccc2c1Br. The Bertz CT molecular complexity index is 565. The Kier molecular flexibility index (Phi) is 3.34. The van der Waals surface area contributed by atoms with Crippen LogP contribution >= 0.6 is 15.9 Å². The van der Waals surface area contributed by atoms with E-state index >= 15 is 0 Å². The van der Waals surface area contributed by atoms with Crippen molar-refractivity contribution in [2.75, 3.05) is 0 Å². The van der Waals surface area contributed by atoms with Crippen molar-refractivity contribution in [3.05, 3.63) is 46.4 Å². The number of rotatable bonds is 1. The normalized spacial score (nSPS) is 12.5. The molecule has 17 heavy (non-hydrogen) atoms. The van der Waals surface area contributed by atoms with Gasteiger partial charge in [0.1, 0.15) is 0 Å². The monoisotopic (exact) mass is 289 g/mol. The van der Waals surface area contributed by atoms with Crippen LogP contribution in [0.5, 0.6) is 0 Å². The lowest BCUT2D eigenvalue weighted by Crippen LogP contribution is -2.09. The Hall–Kier alpha value is -1.15. The van der Waals surface area contributed by atoms with E-state index in [2.05, 4.69) is 78.1 Å². The summed E-state index contributed by atoms with van der Waals surface area (Å²) >= 11 is 3.66. The molecule has 2 aromatic rings. The molecule has 0 aromatic heterocycles. The Morgan fingerprint density at radius 3 is 2.47 bits per heavy atom. The molecule has 0 saturated carbocycles. The number of aliphatic imine (C=N–C) groups is 1. The molecule has 0 unspecified atom stereocenters. The van der Waals surface area contributed by atoms with E-state index in [0.717, 1.165) is 10.0 Å². The maximum Gasteiger partial charge on any atom is 0.0524 e. The molecule has 0 aliphatic carbocycles. The summed E-state index contributed by atoms with van der Waals surface area (Å²) in [6.07, 6.45) is 1.94. The summed E-state index contributed by atoms with van der Waals surface area (Å²) in [7, 11) is 0. The molecule has 0 spiro atoms. The largest absolute Gasteiger partial charge is 0.287 e. The molecule has 0 amide bonds. The van der Waals surface area contributed by atoms with Gasteiger partial charge in [0, 0.05) is 16.3 Å². The zero-order valence-corrected chi connectivity index (χ0v) is 12.0. The highest BCUT2D eigenvalue weighted by atomic mass is 79.9. The van der Waals surface area contributed by atoms with Gasteiger partial charge in [-0.05, 0) is 47.5 Å². The second-order valence-electron chi connectivity index (χ2n) is 5.12. The van der Waals surface area contributed by atoms with Crippen molar-refractivity contribution in [3.63, 3.8) is 0 Å². The molecule has 1 nitrogen and oxygen atoms in total. The Balaban J connectivity index is 2.50. The zero-order chi connectivity index (χ0) is 12.5. The minimum absolute atomic E-state index is 0.0366. The molecule has 0 saturated heterocycles. The highest BCUT2D eigenvalue weighted by Crippen LogP contribution is 2.27. The van der Waals surface area contributed by atoms with Gasteiger partial charge in [0.2, 0.25) is 0 Å². The van der Waals surface area contributed by atoms with Crippen LogP contribution in [0.3, 0.4) is 0 Å². The molecule has 0 aliphatic rings. The summed E-state index contributed by atoms with van der Waals surface area (Å²) in [6.45, 7) is 6.29. The fourth-order valence-electron chi connectivity index (χ4n) is 1.61. The van der Waals surface area contributed by atoms with E-state index in [1.807, 2.05) is 6.21 Å². The third kappa shape index (κ3) is 2.95. The van der Waals surface area contributed by atoms with E-state index < -0.39 is 0 Å². The van der Waals surface area contributed by atoms with Crippen LogP contribution in [0, 0.1) is 0 Å². The second-order valence-corrected chi connectivity index (χ2v) is 5.91. The third-order valence-electron chi connectivity index (χ3n) is 2.48. The van der Waals surface area contributed by atoms with Crippen molar-refractivity contribution >= 4 is 32.9 Å². The van der Waals surface area contributed by atoms with Crippen molar-refractivity contribution < 1.29 is 0 Å². The average molecular weight is 290 g/mol. The van der Waals surface area contributed by atoms with Crippen molar-refractivity contribution in [3.8, 4) is 0 Å². The predicted molar refractivity (Wildman–Crippen MR) is 79.0 cm³/mol. The van der Waals surface area contributed by atoms with Gasteiger partial charge in [-0.15, -0.1) is 0 Å². The van der Waals surface area contributed by atoms with Crippen LogP contribution in [0.1, 0.15) is 26.3 Å². The van der Waals surface area contributed by atoms with Crippen molar-refractivity contribution in [1.29, 1.82) is 0 Å². The number of nitrogens with zero attached hydrogens (tertiary/aromatic N) is 1. The van der Waals surface area contributed by atoms with E-state index in [-0.39, 0.29) is 5.54 Å². The second kappa shape index (κ2) is 4.61. The molecule has 2 rings (SSSR count). The van der Waals surface area contributed by atoms with E-state index in [0.29, 0.717) is 0 Å². The van der Waals surface area contributed by atoms with Crippen LogP contribution in [0.25, 0.3) is 10.8 Å². The first-order valence-electron chi connectivity index (χ1n) is 5.70. The van der Waals surface area contributed by atoms with Gasteiger partial charge in [0.05, 0.1) is 5.54 Å². The van der Waals surface area contributed by atoms with Gasteiger partial charge in [0.25, 0.3) is 0 Å². The topological polar surface area (TPSA) is 12.4 Å². The van der Waals surface area contributed by atoms with Crippen LogP contribution in [0.15, 0.2) is 45.9 Å².